The third-order valence-electron chi connectivity index (χ3n) is 11.5. The Morgan fingerprint density at radius 2 is 1.05 bits per heavy atom. The Kier molecular flexibility index (Phi) is 7.23. The molecule has 11 aromatic rings. The fraction of sp³-hybridized carbons (Fsp3) is 0.0189. The van der Waals surface area contributed by atoms with E-state index in [1.54, 1.807) is 0 Å². The molecule has 0 unspecified atom stereocenters. The van der Waals surface area contributed by atoms with Gasteiger partial charge in [0, 0.05) is 39.0 Å². The number of fused-ring (bicyclic) bond motifs is 12. The first-order valence-corrected chi connectivity index (χ1v) is 19.2. The summed E-state index contributed by atoms with van der Waals surface area (Å²) in [7, 11) is 0. The minimum Gasteiger partial charge on any atom is -0.456 e. The van der Waals surface area contributed by atoms with Gasteiger partial charge >= 0.3 is 0 Å². The lowest BCUT2D eigenvalue weighted by Gasteiger charge is -2.13. The quantitative estimate of drug-likeness (QED) is 0.142. The summed E-state index contributed by atoms with van der Waals surface area (Å²) in [5.41, 5.74) is 18.4. The second-order valence-electron chi connectivity index (χ2n) is 14.6. The first kappa shape index (κ1) is 32.1. The van der Waals surface area contributed by atoms with Crippen molar-refractivity contribution in [1.29, 1.82) is 0 Å². The van der Waals surface area contributed by atoms with Crippen LogP contribution in [0.4, 0.5) is 0 Å². The Balaban J connectivity index is 1.08. The molecule has 0 saturated carbocycles. The van der Waals surface area contributed by atoms with Gasteiger partial charge in [0.25, 0.3) is 0 Å². The number of rotatable bonds is 5. The molecule has 11 rings (SSSR count). The Morgan fingerprint density at radius 3 is 1.80 bits per heavy atom. The minimum absolute atomic E-state index is 0.713. The number of furan rings is 1. The third-order valence-corrected chi connectivity index (χ3v) is 11.5. The van der Waals surface area contributed by atoms with Gasteiger partial charge in [-0.05, 0) is 116 Å². The zero-order chi connectivity index (χ0) is 37.3. The summed E-state index contributed by atoms with van der Waals surface area (Å²) in [4.78, 5) is 0. The van der Waals surface area contributed by atoms with Crippen molar-refractivity contribution < 1.29 is 4.42 Å². The average Bonchev–Trinajstić information content (AvgIpc) is 3.79. The van der Waals surface area contributed by atoms with Crippen molar-refractivity contribution in [2.45, 2.75) is 6.92 Å². The van der Waals surface area contributed by atoms with Crippen molar-refractivity contribution in [3.8, 4) is 16.8 Å². The Morgan fingerprint density at radius 1 is 0.446 bits per heavy atom. The van der Waals surface area contributed by atoms with Crippen LogP contribution in [0.5, 0.6) is 0 Å². The van der Waals surface area contributed by atoms with Gasteiger partial charge in [-0.2, -0.15) is 0 Å². The summed E-state index contributed by atoms with van der Waals surface area (Å²) in [5.74, 6) is 0. The molecular formula is C53H36N2O. The SMILES string of the molecule is C/C=C(\C=C(/N)c1ccc2c(c1)c1cc3c(cc1n2-c1cccc(-c2ccccc2)c1)oc1ccccc13)c1ccc2c3ccccc3c3ccccc3c2c1. The molecule has 0 spiro atoms. The van der Waals surface area contributed by atoms with Crippen LogP contribution in [0.2, 0.25) is 0 Å². The number of nitrogens with two attached hydrogens (primary N) is 1. The standard InChI is InChI=1S/C53H36N2O/c1-2-33(36-23-25-43-41-19-7-6-17-39(41)40-18-8-9-20-42(40)45(43)28-36)30-49(54)37-24-26-50-46(29-37)47-31-48-44-21-10-11-22-52(44)56-53(48)32-51(47)55(50)38-16-12-15-35(27-38)34-13-4-3-5-14-34/h2-32H,54H2,1H3/b33-2+,49-30-. The number of benzene rings is 9. The van der Waals surface area contributed by atoms with Crippen LogP contribution in [0.15, 0.2) is 192 Å². The zero-order valence-electron chi connectivity index (χ0n) is 30.8. The van der Waals surface area contributed by atoms with Gasteiger partial charge < -0.3 is 14.7 Å². The first-order valence-electron chi connectivity index (χ1n) is 19.2. The second-order valence-corrected chi connectivity index (χ2v) is 14.6. The maximum Gasteiger partial charge on any atom is 0.137 e. The van der Waals surface area contributed by atoms with Crippen LogP contribution in [0, 0.1) is 0 Å². The molecule has 0 bridgehead atoms. The molecule has 0 radical (unpaired) electrons. The molecule has 0 atom stereocenters. The molecule has 2 heterocycles. The van der Waals surface area contributed by atoms with Crippen molar-refractivity contribution in [1.82, 2.24) is 4.57 Å². The fourth-order valence-corrected chi connectivity index (χ4v) is 8.82. The van der Waals surface area contributed by atoms with E-state index in [4.69, 9.17) is 10.2 Å². The molecule has 3 heteroatoms. The van der Waals surface area contributed by atoms with Crippen molar-refractivity contribution >= 4 is 87.3 Å². The van der Waals surface area contributed by atoms with Gasteiger partial charge in [0.15, 0.2) is 0 Å². The van der Waals surface area contributed by atoms with Crippen molar-refractivity contribution in [3.05, 3.63) is 199 Å². The molecule has 2 N–H and O–H groups in total. The van der Waals surface area contributed by atoms with E-state index in [2.05, 4.69) is 187 Å². The van der Waals surface area contributed by atoms with Crippen LogP contribution < -0.4 is 5.73 Å². The number of nitrogens with zero attached hydrogens (tertiary/aromatic N) is 1. The van der Waals surface area contributed by atoms with E-state index in [9.17, 15) is 0 Å². The summed E-state index contributed by atoms with van der Waals surface area (Å²) < 4.78 is 8.78. The number of allylic oxidation sites excluding steroid dienone is 3. The smallest absolute Gasteiger partial charge is 0.137 e. The number of hydrogen-bond acceptors (Lipinski definition) is 2. The Labute approximate surface area is 323 Å². The van der Waals surface area contributed by atoms with Crippen molar-refractivity contribution in [3.63, 3.8) is 0 Å². The largest absolute Gasteiger partial charge is 0.456 e. The maximum atomic E-state index is 7.07. The summed E-state index contributed by atoms with van der Waals surface area (Å²) in [5, 5.41) is 12.1. The second kappa shape index (κ2) is 12.6. The Hall–Kier alpha value is -7.36. The van der Waals surface area contributed by atoms with E-state index in [-0.39, 0.29) is 0 Å². The average molecular weight is 717 g/mol. The van der Waals surface area contributed by atoms with Gasteiger partial charge in [0.2, 0.25) is 0 Å². The molecule has 3 nitrogen and oxygen atoms in total. The molecule has 0 aliphatic heterocycles. The zero-order valence-corrected chi connectivity index (χ0v) is 30.8. The van der Waals surface area contributed by atoms with E-state index in [0.717, 1.165) is 66.1 Å². The molecule has 2 aromatic heterocycles. The van der Waals surface area contributed by atoms with E-state index < -0.39 is 0 Å². The van der Waals surface area contributed by atoms with E-state index in [0.29, 0.717) is 5.70 Å². The highest BCUT2D eigenvalue weighted by Crippen LogP contribution is 2.40. The molecule has 0 fully saturated rings. The maximum absolute atomic E-state index is 7.07. The summed E-state index contributed by atoms with van der Waals surface area (Å²) in [6.45, 7) is 2.09. The van der Waals surface area contributed by atoms with E-state index in [1.807, 2.05) is 12.1 Å². The van der Waals surface area contributed by atoms with Gasteiger partial charge in [-0.3, -0.25) is 0 Å². The Bertz CT molecular complexity index is 3400. The minimum atomic E-state index is 0.713. The van der Waals surface area contributed by atoms with Crippen molar-refractivity contribution in [2.24, 2.45) is 5.73 Å². The van der Waals surface area contributed by atoms with Gasteiger partial charge in [0.05, 0.1) is 11.0 Å². The van der Waals surface area contributed by atoms with Crippen LogP contribution >= 0.6 is 0 Å². The summed E-state index contributed by atoms with van der Waals surface area (Å²) in [6.07, 6.45) is 4.28. The van der Waals surface area contributed by atoms with Crippen LogP contribution in [0.25, 0.3) is 104 Å². The molecule has 264 valence electrons. The van der Waals surface area contributed by atoms with Gasteiger partial charge in [-0.25, -0.2) is 0 Å². The van der Waals surface area contributed by atoms with Crippen LogP contribution in [0.1, 0.15) is 18.1 Å². The molecule has 0 aliphatic rings. The van der Waals surface area contributed by atoms with Crippen LogP contribution in [0.3, 0.4) is 0 Å². The van der Waals surface area contributed by atoms with Crippen LogP contribution in [-0.2, 0) is 0 Å². The predicted octanol–water partition coefficient (Wildman–Crippen LogP) is 14.2. The monoisotopic (exact) mass is 716 g/mol. The normalized spacial score (nSPS) is 12.7. The van der Waals surface area contributed by atoms with Crippen LogP contribution in [-0.4, -0.2) is 4.57 Å². The number of para-hydroxylation sites is 1. The van der Waals surface area contributed by atoms with Gasteiger partial charge in [-0.15, -0.1) is 0 Å². The lowest BCUT2D eigenvalue weighted by Crippen LogP contribution is -1.98. The predicted molar refractivity (Wildman–Crippen MR) is 238 cm³/mol. The molecular weight excluding hydrogens is 681 g/mol. The van der Waals surface area contributed by atoms with Crippen molar-refractivity contribution in [2.75, 3.05) is 0 Å². The van der Waals surface area contributed by atoms with Gasteiger partial charge in [0.1, 0.15) is 11.2 Å². The molecule has 0 saturated heterocycles. The molecule has 56 heavy (non-hydrogen) atoms. The summed E-state index contributed by atoms with van der Waals surface area (Å²) >= 11 is 0. The lowest BCUT2D eigenvalue weighted by atomic mass is 9.91. The lowest BCUT2D eigenvalue weighted by molar-refractivity contribution is 0.669. The fourth-order valence-electron chi connectivity index (χ4n) is 8.82. The highest BCUT2D eigenvalue weighted by atomic mass is 16.3. The summed E-state index contributed by atoms with van der Waals surface area (Å²) in [6, 6.07) is 62.9. The van der Waals surface area contributed by atoms with Gasteiger partial charge in [-0.1, -0.05) is 133 Å². The topological polar surface area (TPSA) is 44.1 Å². The first-order chi connectivity index (χ1) is 27.6. The van der Waals surface area contributed by atoms with E-state index >= 15 is 0 Å². The number of hydrogen-bond donors (Lipinski definition) is 1. The molecule has 9 aromatic carbocycles. The molecule has 0 aliphatic carbocycles. The van der Waals surface area contributed by atoms with E-state index in [1.165, 1.54) is 43.4 Å². The third kappa shape index (κ3) is 4.98. The highest BCUT2D eigenvalue weighted by Gasteiger charge is 2.18. The number of aromatic nitrogens is 1. The molecule has 0 amide bonds. The highest BCUT2D eigenvalue weighted by molar-refractivity contribution is 6.25.